The highest BCUT2D eigenvalue weighted by molar-refractivity contribution is 14.0. The molecule has 1 aromatic carbocycles. The second-order valence-electron chi connectivity index (χ2n) is 9.55. The fraction of sp³-hybridized carbons (Fsp3) is 0.625. The third kappa shape index (κ3) is 7.94. The Morgan fingerprint density at radius 3 is 2.50 bits per heavy atom. The molecule has 1 fully saturated rings. The Bertz CT molecular complexity index is 896. The van der Waals surface area contributed by atoms with Crippen LogP contribution in [-0.4, -0.2) is 32.4 Å². The largest absolute Gasteiger partial charge is 0.488 e. The molecule has 0 aliphatic heterocycles. The average molecular weight is 555 g/mol. The smallest absolute Gasteiger partial charge is 0.192 e. The zero-order chi connectivity index (χ0) is 22.4. The normalized spacial score (nSPS) is 15.2. The Balaban J connectivity index is 0.00000363. The van der Waals surface area contributed by atoms with Gasteiger partial charge >= 0.3 is 0 Å². The van der Waals surface area contributed by atoms with Crippen LogP contribution in [0.5, 0.6) is 5.75 Å². The molecule has 1 aromatic heterocycles. The zero-order valence-electron chi connectivity index (χ0n) is 20.4. The van der Waals surface area contributed by atoms with Gasteiger partial charge in [-0.25, -0.2) is 4.99 Å². The molecule has 32 heavy (non-hydrogen) atoms. The lowest BCUT2D eigenvalue weighted by Crippen LogP contribution is -2.44. The van der Waals surface area contributed by atoms with Crippen molar-refractivity contribution in [2.24, 2.45) is 12.0 Å². The van der Waals surface area contributed by atoms with Crippen molar-refractivity contribution >= 4 is 29.9 Å². The van der Waals surface area contributed by atoms with Crippen molar-refractivity contribution in [2.75, 3.05) is 0 Å². The van der Waals surface area contributed by atoms with Crippen molar-refractivity contribution in [3.05, 3.63) is 41.0 Å². The van der Waals surface area contributed by atoms with Crippen molar-refractivity contribution in [1.29, 1.82) is 0 Å². The second kappa shape index (κ2) is 11.9. The van der Waals surface area contributed by atoms with E-state index in [-0.39, 0.29) is 29.6 Å². The molecule has 3 rings (SSSR count). The van der Waals surface area contributed by atoms with Gasteiger partial charge in [-0.15, -0.1) is 34.2 Å². The molecule has 0 saturated heterocycles. The van der Waals surface area contributed by atoms with E-state index in [1.165, 1.54) is 37.7 Å². The van der Waals surface area contributed by atoms with Crippen molar-refractivity contribution < 1.29 is 4.74 Å². The van der Waals surface area contributed by atoms with E-state index in [4.69, 9.17) is 9.73 Å². The van der Waals surface area contributed by atoms with E-state index in [0.717, 1.165) is 28.9 Å². The maximum atomic E-state index is 6.21. The lowest BCUT2D eigenvalue weighted by molar-refractivity contribution is 0.129. The summed E-state index contributed by atoms with van der Waals surface area (Å²) in [6.07, 6.45) is 6.25. The van der Waals surface area contributed by atoms with E-state index in [2.05, 4.69) is 66.7 Å². The molecular formula is C24H39IN6O. The molecule has 1 aliphatic rings. The first-order chi connectivity index (χ1) is 14.7. The highest BCUT2D eigenvalue weighted by atomic mass is 127. The molecule has 0 bridgehead atoms. The number of halogens is 1. The molecule has 0 atom stereocenters. The molecule has 2 N–H and O–H groups in total. The van der Waals surface area contributed by atoms with Crippen LogP contribution in [0.15, 0.2) is 23.2 Å². The summed E-state index contributed by atoms with van der Waals surface area (Å²) in [5.41, 5.74) is 2.01. The summed E-state index contributed by atoms with van der Waals surface area (Å²) in [6.45, 7) is 11.4. The Morgan fingerprint density at radius 2 is 1.88 bits per heavy atom. The van der Waals surface area contributed by atoms with E-state index in [1.807, 2.05) is 18.5 Å². The van der Waals surface area contributed by atoms with Crippen LogP contribution in [0.4, 0.5) is 0 Å². The van der Waals surface area contributed by atoms with Gasteiger partial charge in [0, 0.05) is 18.7 Å². The number of rotatable bonds is 6. The molecule has 1 heterocycles. The molecule has 0 spiro atoms. The van der Waals surface area contributed by atoms with Gasteiger partial charge in [0.15, 0.2) is 11.8 Å². The molecule has 0 amide bonds. The quantitative estimate of drug-likeness (QED) is 0.305. The molecule has 7 nitrogen and oxygen atoms in total. The van der Waals surface area contributed by atoms with Crippen molar-refractivity contribution in [2.45, 2.75) is 91.5 Å². The first-order valence-corrected chi connectivity index (χ1v) is 11.4. The number of nitrogens with zero attached hydrogens (tertiary/aromatic N) is 4. The fourth-order valence-electron chi connectivity index (χ4n) is 3.74. The van der Waals surface area contributed by atoms with Gasteiger partial charge in [0.2, 0.25) is 0 Å². The summed E-state index contributed by atoms with van der Waals surface area (Å²) in [5, 5.41) is 15.5. The van der Waals surface area contributed by atoms with E-state index in [0.29, 0.717) is 19.1 Å². The van der Waals surface area contributed by atoms with Gasteiger partial charge < -0.3 is 19.9 Å². The van der Waals surface area contributed by atoms with Gasteiger partial charge in [-0.05, 0) is 59.1 Å². The number of aryl methyl sites for hydroxylation is 2. The zero-order valence-corrected chi connectivity index (χ0v) is 22.7. The van der Waals surface area contributed by atoms with E-state index in [9.17, 15) is 0 Å². The molecular weight excluding hydrogens is 515 g/mol. The van der Waals surface area contributed by atoms with Gasteiger partial charge in [0.1, 0.15) is 17.2 Å². The van der Waals surface area contributed by atoms with Gasteiger partial charge in [-0.1, -0.05) is 31.4 Å². The standard InChI is InChI=1S/C24H38N6O.HI/c1-17-12-13-19(21(14-17)31-24(3,4)5)15-25-23(27-20-10-8-7-9-11-20)26-16-22-29-28-18(2)30(22)6;/h12-14,20H,7-11,15-16H2,1-6H3,(H2,25,26,27);1H. The van der Waals surface area contributed by atoms with Gasteiger partial charge in [0.05, 0.1) is 13.1 Å². The van der Waals surface area contributed by atoms with Crippen LogP contribution in [0.3, 0.4) is 0 Å². The third-order valence-electron chi connectivity index (χ3n) is 5.59. The SMILES string of the molecule is Cc1ccc(CN=C(NCc2nnc(C)n2C)NC2CCCCC2)c(OC(C)(C)C)c1.I. The topological polar surface area (TPSA) is 76.4 Å². The van der Waals surface area contributed by atoms with Crippen LogP contribution in [0, 0.1) is 13.8 Å². The van der Waals surface area contributed by atoms with Crippen LogP contribution in [0.25, 0.3) is 0 Å². The minimum absolute atomic E-state index is 0. The monoisotopic (exact) mass is 554 g/mol. The first kappa shape index (κ1) is 26.4. The fourth-order valence-corrected chi connectivity index (χ4v) is 3.74. The van der Waals surface area contributed by atoms with Crippen LogP contribution in [0.1, 0.15) is 75.7 Å². The Kier molecular flexibility index (Phi) is 9.79. The molecule has 2 aromatic rings. The minimum Gasteiger partial charge on any atom is -0.488 e. The van der Waals surface area contributed by atoms with E-state index in [1.54, 1.807) is 0 Å². The van der Waals surface area contributed by atoms with E-state index >= 15 is 0 Å². The maximum Gasteiger partial charge on any atom is 0.192 e. The molecule has 1 saturated carbocycles. The number of ether oxygens (including phenoxy) is 1. The van der Waals surface area contributed by atoms with Gasteiger partial charge in [-0.3, -0.25) is 0 Å². The molecule has 1 aliphatic carbocycles. The van der Waals surface area contributed by atoms with Crippen LogP contribution in [0.2, 0.25) is 0 Å². The highest BCUT2D eigenvalue weighted by Crippen LogP contribution is 2.25. The summed E-state index contributed by atoms with van der Waals surface area (Å²) in [7, 11) is 1.99. The summed E-state index contributed by atoms with van der Waals surface area (Å²) in [6, 6.07) is 6.79. The average Bonchev–Trinajstić information content (AvgIpc) is 3.03. The maximum absolute atomic E-state index is 6.21. The van der Waals surface area contributed by atoms with E-state index < -0.39 is 0 Å². The predicted octanol–water partition coefficient (Wildman–Crippen LogP) is 4.80. The summed E-state index contributed by atoms with van der Waals surface area (Å²) < 4.78 is 8.21. The molecule has 0 unspecified atom stereocenters. The van der Waals surface area contributed by atoms with Crippen molar-refractivity contribution in [3.63, 3.8) is 0 Å². The Labute approximate surface area is 209 Å². The number of aliphatic imine (C=N–C) groups is 1. The minimum atomic E-state index is -0.253. The van der Waals surface area contributed by atoms with Gasteiger partial charge in [0.25, 0.3) is 0 Å². The molecule has 178 valence electrons. The van der Waals surface area contributed by atoms with Crippen molar-refractivity contribution in [1.82, 2.24) is 25.4 Å². The predicted molar refractivity (Wildman–Crippen MR) is 141 cm³/mol. The lowest BCUT2D eigenvalue weighted by atomic mass is 9.96. The Morgan fingerprint density at radius 1 is 1.16 bits per heavy atom. The third-order valence-corrected chi connectivity index (χ3v) is 5.59. The number of nitrogens with one attached hydrogen (secondary N) is 2. The lowest BCUT2D eigenvalue weighted by Gasteiger charge is -2.25. The second-order valence-corrected chi connectivity index (χ2v) is 9.55. The number of hydrogen-bond acceptors (Lipinski definition) is 4. The van der Waals surface area contributed by atoms with Crippen LogP contribution >= 0.6 is 24.0 Å². The first-order valence-electron chi connectivity index (χ1n) is 11.4. The van der Waals surface area contributed by atoms with Gasteiger partial charge in [-0.2, -0.15) is 0 Å². The van der Waals surface area contributed by atoms with Crippen LogP contribution < -0.4 is 15.4 Å². The van der Waals surface area contributed by atoms with Crippen LogP contribution in [-0.2, 0) is 20.1 Å². The summed E-state index contributed by atoms with van der Waals surface area (Å²) >= 11 is 0. The molecule has 0 radical (unpaired) electrons. The van der Waals surface area contributed by atoms with Crippen molar-refractivity contribution in [3.8, 4) is 5.75 Å². The number of aromatic nitrogens is 3. The number of hydrogen-bond donors (Lipinski definition) is 2. The Hall–Kier alpha value is -1.84. The number of benzene rings is 1. The summed E-state index contributed by atoms with van der Waals surface area (Å²) in [5.74, 6) is 3.51. The highest BCUT2D eigenvalue weighted by Gasteiger charge is 2.17. The molecule has 8 heteroatoms. The summed E-state index contributed by atoms with van der Waals surface area (Å²) in [4.78, 5) is 4.92. The number of guanidine groups is 1.